The summed E-state index contributed by atoms with van der Waals surface area (Å²) in [7, 11) is -3.18. The van der Waals surface area contributed by atoms with Gasteiger partial charge in [0.25, 0.3) is 0 Å². The van der Waals surface area contributed by atoms with E-state index in [0.717, 1.165) is 0 Å². The van der Waals surface area contributed by atoms with Crippen LogP contribution in [-0.2, 0) is 15.4 Å². The average molecular weight is 310 g/mol. The molecule has 1 unspecified atom stereocenters. The third kappa shape index (κ3) is 2.06. The zero-order chi connectivity index (χ0) is 15.4. The number of carboxylic acids is 1. The van der Waals surface area contributed by atoms with Crippen LogP contribution in [0.4, 0.5) is 0 Å². The van der Waals surface area contributed by atoms with Crippen LogP contribution in [-0.4, -0.2) is 40.6 Å². The summed E-state index contributed by atoms with van der Waals surface area (Å²) in [6.45, 7) is 1.71. The van der Waals surface area contributed by atoms with Crippen LogP contribution < -0.4 is 5.69 Å². The Bertz CT molecular complexity index is 908. The average Bonchev–Trinajstić information content (AvgIpc) is 2.85. The Balaban J connectivity index is 2.30. The summed E-state index contributed by atoms with van der Waals surface area (Å²) in [5, 5.41) is 9.17. The van der Waals surface area contributed by atoms with E-state index < -0.39 is 27.0 Å². The van der Waals surface area contributed by atoms with Crippen molar-refractivity contribution in [3.8, 4) is 0 Å². The highest BCUT2D eigenvalue weighted by Gasteiger charge is 2.41. The highest BCUT2D eigenvalue weighted by molar-refractivity contribution is 7.91. The van der Waals surface area contributed by atoms with Crippen molar-refractivity contribution in [3.63, 3.8) is 0 Å². The smallest absolute Gasteiger partial charge is 0.337 e. The second-order valence-electron chi connectivity index (χ2n) is 5.61. The number of carboxylic acid groups (broad SMARTS) is 1. The first-order valence-electron chi connectivity index (χ1n) is 6.41. The van der Waals surface area contributed by atoms with Gasteiger partial charge in [-0.1, -0.05) is 6.07 Å². The van der Waals surface area contributed by atoms with Gasteiger partial charge in [-0.2, -0.15) is 0 Å². The van der Waals surface area contributed by atoms with E-state index in [9.17, 15) is 18.0 Å². The molecule has 3 rings (SSSR count). The van der Waals surface area contributed by atoms with Gasteiger partial charge in [-0.25, -0.2) is 18.0 Å². The van der Waals surface area contributed by atoms with Crippen molar-refractivity contribution in [3.05, 3.63) is 34.2 Å². The molecule has 0 amide bonds. The van der Waals surface area contributed by atoms with Gasteiger partial charge in [0.15, 0.2) is 9.84 Å². The van der Waals surface area contributed by atoms with Crippen LogP contribution in [0.5, 0.6) is 0 Å². The Morgan fingerprint density at radius 3 is 2.71 bits per heavy atom. The molecular weight excluding hydrogens is 296 g/mol. The minimum absolute atomic E-state index is 0.00666. The number of aromatic nitrogens is 2. The number of aromatic amines is 1. The molecule has 8 heteroatoms. The van der Waals surface area contributed by atoms with Gasteiger partial charge in [-0.3, -0.25) is 4.57 Å². The Hall–Kier alpha value is -2.09. The molecule has 1 aliphatic heterocycles. The Kier molecular flexibility index (Phi) is 2.78. The summed E-state index contributed by atoms with van der Waals surface area (Å²) < 4.78 is 24.9. The number of para-hydroxylation sites is 1. The fourth-order valence-corrected chi connectivity index (χ4v) is 5.13. The third-order valence-corrected chi connectivity index (χ3v) is 5.86. The number of sulfone groups is 1. The molecule has 0 aliphatic carbocycles. The molecule has 21 heavy (non-hydrogen) atoms. The Morgan fingerprint density at radius 2 is 2.14 bits per heavy atom. The standard InChI is InChI=1S/C13H14N2O5S/c1-13(5-6-21(19,20)7-13)15-9-4-2-3-8(11(16)17)10(9)14-12(15)18/h2-4H,5-7H2,1H3,(H,14,18)(H,16,17). The van der Waals surface area contributed by atoms with Gasteiger partial charge in [-0.05, 0) is 25.5 Å². The van der Waals surface area contributed by atoms with E-state index in [-0.39, 0.29) is 22.6 Å². The topological polar surface area (TPSA) is 109 Å². The fourth-order valence-electron chi connectivity index (χ4n) is 3.01. The van der Waals surface area contributed by atoms with Gasteiger partial charge in [0, 0.05) is 0 Å². The van der Waals surface area contributed by atoms with Crippen molar-refractivity contribution < 1.29 is 18.3 Å². The van der Waals surface area contributed by atoms with E-state index in [1.807, 2.05) is 0 Å². The SMILES string of the molecule is CC1(n2c(=O)[nH]c3c(C(=O)O)cccc32)CCS(=O)(=O)C1. The van der Waals surface area contributed by atoms with Crippen molar-refractivity contribution in [1.82, 2.24) is 9.55 Å². The fraction of sp³-hybridized carbons (Fsp3) is 0.385. The number of nitrogens with zero attached hydrogens (tertiary/aromatic N) is 1. The van der Waals surface area contributed by atoms with E-state index in [4.69, 9.17) is 5.11 Å². The van der Waals surface area contributed by atoms with Crippen molar-refractivity contribution in [2.75, 3.05) is 11.5 Å². The number of nitrogens with one attached hydrogen (secondary N) is 1. The van der Waals surface area contributed by atoms with Crippen LogP contribution in [0, 0.1) is 0 Å². The van der Waals surface area contributed by atoms with Gasteiger partial charge in [-0.15, -0.1) is 0 Å². The monoisotopic (exact) mass is 310 g/mol. The number of rotatable bonds is 2. The molecule has 0 spiro atoms. The number of hydrogen-bond acceptors (Lipinski definition) is 4. The van der Waals surface area contributed by atoms with Crippen LogP contribution in [0.1, 0.15) is 23.7 Å². The first kappa shape index (κ1) is 13.9. The first-order valence-corrected chi connectivity index (χ1v) is 8.24. The lowest BCUT2D eigenvalue weighted by atomic mass is 10.0. The predicted octanol–water partition coefficient (Wildman–Crippen LogP) is 0.562. The molecule has 112 valence electrons. The lowest BCUT2D eigenvalue weighted by molar-refractivity contribution is 0.0699. The molecule has 1 atom stereocenters. The van der Waals surface area contributed by atoms with Gasteiger partial charge < -0.3 is 10.1 Å². The van der Waals surface area contributed by atoms with E-state index in [1.54, 1.807) is 19.1 Å². The largest absolute Gasteiger partial charge is 0.478 e. The molecule has 1 saturated heterocycles. The van der Waals surface area contributed by atoms with E-state index in [1.165, 1.54) is 10.6 Å². The summed E-state index contributed by atoms with van der Waals surface area (Å²) in [6, 6.07) is 4.57. The maximum atomic E-state index is 12.2. The maximum Gasteiger partial charge on any atom is 0.337 e. The van der Waals surface area contributed by atoms with Crippen LogP contribution in [0.15, 0.2) is 23.0 Å². The molecule has 1 aliphatic rings. The van der Waals surface area contributed by atoms with Crippen LogP contribution >= 0.6 is 0 Å². The quantitative estimate of drug-likeness (QED) is 0.842. The molecule has 2 heterocycles. The second-order valence-corrected chi connectivity index (χ2v) is 7.79. The molecular formula is C13H14N2O5S. The van der Waals surface area contributed by atoms with Gasteiger partial charge in [0.05, 0.1) is 33.6 Å². The minimum Gasteiger partial charge on any atom is -0.478 e. The van der Waals surface area contributed by atoms with Crippen molar-refractivity contribution >= 4 is 26.8 Å². The van der Waals surface area contributed by atoms with Crippen molar-refractivity contribution in [1.29, 1.82) is 0 Å². The number of H-pyrrole nitrogens is 1. The van der Waals surface area contributed by atoms with Crippen LogP contribution in [0.25, 0.3) is 11.0 Å². The molecule has 2 aromatic rings. The maximum absolute atomic E-state index is 12.2. The van der Waals surface area contributed by atoms with E-state index in [2.05, 4.69) is 4.98 Å². The van der Waals surface area contributed by atoms with E-state index in [0.29, 0.717) is 11.9 Å². The van der Waals surface area contributed by atoms with E-state index >= 15 is 0 Å². The minimum atomic E-state index is -3.18. The molecule has 1 aromatic carbocycles. The lowest BCUT2D eigenvalue weighted by Crippen LogP contribution is -2.38. The molecule has 0 bridgehead atoms. The summed E-state index contributed by atoms with van der Waals surface area (Å²) in [5.41, 5.74) is -0.711. The summed E-state index contributed by atoms with van der Waals surface area (Å²) in [5.74, 6) is -1.23. The third-order valence-electron chi connectivity index (χ3n) is 3.97. The van der Waals surface area contributed by atoms with Crippen molar-refractivity contribution in [2.24, 2.45) is 0 Å². The number of hydrogen-bond donors (Lipinski definition) is 2. The predicted molar refractivity (Wildman–Crippen MR) is 76.4 cm³/mol. The number of imidazole rings is 1. The van der Waals surface area contributed by atoms with Crippen molar-refractivity contribution in [2.45, 2.75) is 18.9 Å². The van der Waals surface area contributed by atoms with Gasteiger partial charge >= 0.3 is 11.7 Å². The molecule has 1 aromatic heterocycles. The van der Waals surface area contributed by atoms with Gasteiger partial charge in [0.1, 0.15) is 0 Å². The molecule has 0 radical (unpaired) electrons. The highest BCUT2D eigenvalue weighted by atomic mass is 32.2. The summed E-state index contributed by atoms with van der Waals surface area (Å²) in [4.78, 5) is 26.0. The first-order chi connectivity index (χ1) is 9.73. The number of carbonyl (C=O) groups is 1. The zero-order valence-corrected chi connectivity index (χ0v) is 12.1. The summed E-state index contributed by atoms with van der Waals surface area (Å²) >= 11 is 0. The second kappa shape index (κ2) is 4.20. The lowest BCUT2D eigenvalue weighted by Gasteiger charge is -2.24. The molecule has 0 saturated carbocycles. The Morgan fingerprint density at radius 1 is 1.43 bits per heavy atom. The summed E-state index contributed by atoms with van der Waals surface area (Å²) in [6.07, 6.45) is 0.333. The Labute approximate surface area is 120 Å². The van der Waals surface area contributed by atoms with Crippen LogP contribution in [0.3, 0.4) is 0 Å². The highest BCUT2D eigenvalue weighted by Crippen LogP contribution is 2.32. The molecule has 1 fully saturated rings. The zero-order valence-electron chi connectivity index (χ0n) is 11.3. The normalized spacial score (nSPS) is 24.4. The van der Waals surface area contributed by atoms with Gasteiger partial charge in [0.2, 0.25) is 0 Å². The number of benzene rings is 1. The molecule has 7 nitrogen and oxygen atoms in total. The van der Waals surface area contributed by atoms with Crippen LogP contribution in [0.2, 0.25) is 0 Å². The number of fused-ring (bicyclic) bond motifs is 1. The number of aromatic carboxylic acids is 1. The molecule has 2 N–H and O–H groups in total.